The lowest BCUT2D eigenvalue weighted by molar-refractivity contribution is 0.373. The van der Waals surface area contributed by atoms with Crippen LogP contribution < -0.4 is 19.7 Å². The number of hydrogen-bond donors (Lipinski definition) is 1. The number of thiazole rings is 1. The summed E-state index contributed by atoms with van der Waals surface area (Å²) in [5, 5.41) is 10.1. The van der Waals surface area contributed by atoms with E-state index in [0.717, 1.165) is 24.3 Å². The number of hydrogen-bond acceptors (Lipinski definition) is 6. The van der Waals surface area contributed by atoms with Crippen molar-refractivity contribution in [1.82, 2.24) is 9.38 Å². The molecule has 2 aromatic heterocycles. The fourth-order valence-corrected chi connectivity index (χ4v) is 4.66. The fourth-order valence-electron chi connectivity index (χ4n) is 3.49. The molecular weight excluding hydrogens is 434 g/mol. The molecule has 0 spiro atoms. The van der Waals surface area contributed by atoms with Crippen LogP contribution in [0.1, 0.15) is 19.4 Å². The molecule has 0 aliphatic carbocycles. The number of ether oxygens (including phenoxy) is 1. The summed E-state index contributed by atoms with van der Waals surface area (Å²) in [5.74, 6) is 0.129. The van der Waals surface area contributed by atoms with Gasteiger partial charge in [-0.3, -0.25) is 9.20 Å². The predicted octanol–water partition coefficient (Wildman–Crippen LogP) is 4.18. The predicted molar refractivity (Wildman–Crippen MR) is 127 cm³/mol. The normalized spacial score (nSPS) is 11.9. The molecule has 0 saturated heterocycles. The third-order valence-electron chi connectivity index (χ3n) is 5.16. The molecule has 0 bridgehead atoms. The van der Waals surface area contributed by atoms with E-state index in [0.29, 0.717) is 15.1 Å². The Morgan fingerprint density at radius 3 is 2.55 bits per heavy atom. The standard InChI is InChI=1S/C23H22ClN3O3S/c1-4-26(5-2)16-8-6-15(7-9-16)18-13-27-22(29)20(31-23(27)25-18)12-14-10-17(24)21(28)19(11-14)30-3/h6-13,28H,4-5H2,1-3H3/b20-12-. The summed E-state index contributed by atoms with van der Waals surface area (Å²) in [6, 6.07) is 11.4. The van der Waals surface area contributed by atoms with Crippen molar-refractivity contribution in [1.29, 1.82) is 0 Å². The monoisotopic (exact) mass is 455 g/mol. The van der Waals surface area contributed by atoms with Crippen LogP contribution in [0.3, 0.4) is 0 Å². The van der Waals surface area contributed by atoms with Crippen LogP contribution in [0.25, 0.3) is 22.3 Å². The molecule has 2 aromatic carbocycles. The second-order valence-electron chi connectivity index (χ2n) is 6.97. The van der Waals surface area contributed by atoms with Gasteiger partial charge in [-0.15, -0.1) is 0 Å². The molecule has 4 aromatic rings. The smallest absolute Gasteiger partial charge is 0.274 e. The van der Waals surface area contributed by atoms with Gasteiger partial charge in [0.05, 0.1) is 22.4 Å². The fraction of sp³-hybridized carbons (Fsp3) is 0.217. The van der Waals surface area contributed by atoms with Gasteiger partial charge in [0.2, 0.25) is 0 Å². The Hall–Kier alpha value is -3.03. The van der Waals surface area contributed by atoms with Crippen molar-refractivity contribution in [2.45, 2.75) is 13.8 Å². The van der Waals surface area contributed by atoms with Gasteiger partial charge in [0.1, 0.15) is 0 Å². The Kier molecular flexibility index (Phi) is 5.89. The highest BCUT2D eigenvalue weighted by atomic mass is 35.5. The second-order valence-corrected chi connectivity index (χ2v) is 8.38. The van der Waals surface area contributed by atoms with E-state index in [9.17, 15) is 9.90 Å². The first-order valence-electron chi connectivity index (χ1n) is 9.90. The minimum atomic E-state index is -0.151. The third-order valence-corrected chi connectivity index (χ3v) is 6.44. The number of aromatic hydroxyl groups is 1. The number of phenols is 1. The molecule has 0 atom stereocenters. The molecule has 8 heteroatoms. The van der Waals surface area contributed by atoms with E-state index >= 15 is 0 Å². The van der Waals surface area contributed by atoms with Crippen LogP contribution in [0.5, 0.6) is 11.5 Å². The van der Waals surface area contributed by atoms with Gasteiger partial charge in [-0.25, -0.2) is 4.98 Å². The highest BCUT2D eigenvalue weighted by molar-refractivity contribution is 7.15. The number of halogens is 1. The van der Waals surface area contributed by atoms with Gasteiger partial charge in [0.15, 0.2) is 16.5 Å². The summed E-state index contributed by atoms with van der Waals surface area (Å²) < 4.78 is 7.21. The van der Waals surface area contributed by atoms with E-state index in [4.69, 9.17) is 16.3 Å². The largest absolute Gasteiger partial charge is 0.503 e. The zero-order chi connectivity index (χ0) is 22.1. The van der Waals surface area contributed by atoms with Crippen molar-refractivity contribution in [3.8, 4) is 22.8 Å². The lowest BCUT2D eigenvalue weighted by Gasteiger charge is -2.20. The number of nitrogens with zero attached hydrogens (tertiary/aromatic N) is 3. The molecule has 0 radical (unpaired) electrons. The molecule has 0 amide bonds. The maximum absolute atomic E-state index is 12.9. The second kappa shape index (κ2) is 8.61. The van der Waals surface area contributed by atoms with E-state index in [1.165, 1.54) is 24.1 Å². The number of aromatic nitrogens is 2. The van der Waals surface area contributed by atoms with Gasteiger partial charge in [-0.2, -0.15) is 0 Å². The molecule has 0 saturated carbocycles. The van der Waals surface area contributed by atoms with Crippen LogP contribution in [0.2, 0.25) is 5.02 Å². The Morgan fingerprint density at radius 1 is 1.23 bits per heavy atom. The summed E-state index contributed by atoms with van der Waals surface area (Å²) in [6.07, 6.45) is 3.48. The van der Waals surface area contributed by atoms with Gasteiger partial charge in [-0.1, -0.05) is 35.1 Å². The van der Waals surface area contributed by atoms with Gasteiger partial charge >= 0.3 is 0 Å². The summed E-state index contributed by atoms with van der Waals surface area (Å²) in [5.41, 5.74) is 3.40. The highest BCUT2D eigenvalue weighted by Gasteiger charge is 2.12. The number of methoxy groups -OCH3 is 1. The molecule has 6 nitrogen and oxygen atoms in total. The lowest BCUT2D eigenvalue weighted by atomic mass is 10.1. The Labute approximate surface area is 188 Å². The maximum Gasteiger partial charge on any atom is 0.274 e. The molecule has 0 aliphatic heterocycles. The van der Waals surface area contributed by atoms with Gasteiger partial charge in [0.25, 0.3) is 5.56 Å². The summed E-state index contributed by atoms with van der Waals surface area (Å²) >= 11 is 7.36. The van der Waals surface area contributed by atoms with Crippen molar-refractivity contribution in [3.63, 3.8) is 0 Å². The van der Waals surface area contributed by atoms with Crippen molar-refractivity contribution < 1.29 is 9.84 Å². The Morgan fingerprint density at radius 2 is 1.94 bits per heavy atom. The molecule has 2 heterocycles. The molecule has 0 fully saturated rings. The first-order valence-corrected chi connectivity index (χ1v) is 11.1. The number of rotatable bonds is 6. The van der Waals surface area contributed by atoms with Crippen LogP contribution in [-0.4, -0.2) is 34.7 Å². The average molecular weight is 456 g/mol. The van der Waals surface area contributed by atoms with Crippen LogP contribution in [0.15, 0.2) is 47.4 Å². The molecule has 4 rings (SSSR count). The number of benzene rings is 2. The minimum absolute atomic E-state index is 0.124. The average Bonchev–Trinajstić information content (AvgIpc) is 3.31. The lowest BCUT2D eigenvalue weighted by Crippen LogP contribution is -2.22. The van der Waals surface area contributed by atoms with Crippen LogP contribution in [0, 0.1) is 0 Å². The van der Waals surface area contributed by atoms with E-state index in [-0.39, 0.29) is 22.1 Å². The third kappa shape index (κ3) is 3.98. The molecule has 0 unspecified atom stereocenters. The van der Waals surface area contributed by atoms with Crippen molar-refractivity contribution in [3.05, 3.63) is 68.1 Å². The first-order chi connectivity index (χ1) is 14.9. The van der Waals surface area contributed by atoms with Crippen LogP contribution >= 0.6 is 22.9 Å². The Bertz CT molecular complexity index is 1340. The number of fused-ring (bicyclic) bond motifs is 1. The SMILES string of the molecule is CCN(CC)c1ccc(-c2cn3c(=O)/c(=C/c4cc(Cl)c(O)c(OC)c4)sc3n2)cc1. The van der Waals surface area contributed by atoms with E-state index in [1.807, 2.05) is 12.1 Å². The minimum Gasteiger partial charge on any atom is -0.503 e. The molecule has 1 N–H and O–H groups in total. The quantitative estimate of drug-likeness (QED) is 0.472. The van der Waals surface area contributed by atoms with E-state index < -0.39 is 0 Å². The maximum atomic E-state index is 12.9. The van der Waals surface area contributed by atoms with Gasteiger partial charge < -0.3 is 14.7 Å². The first kappa shape index (κ1) is 21.2. The zero-order valence-electron chi connectivity index (χ0n) is 17.4. The highest BCUT2D eigenvalue weighted by Crippen LogP contribution is 2.35. The number of imidazole rings is 1. The topological polar surface area (TPSA) is 67.1 Å². The molecule has 160 valence electrons. The van der Waals surface area contributed by atoms with Crippen molar-refractivity contribution >= 4 is 39.7 Å². The van der Waals surface area contributed by atoms with Crippen molar-refractivity contribution in [2.24, 2.45) is 0 Å². The Balaban J connectivity index is 1.70. The summed E-state index contributed by atoms with van der Waals surface area (Å²) in [6.45, 7) is 6.17. The number of anilines is 1. The molecule has 0 aliphatic rings. The molecular formula is C23H22ClN3O3S. The number of phenolic OH excluding ortho intramolecular Hbond substituents is 1. The molecule has 31 heavy (non-hydrogen) atoms. The van der Waals surface area contributed by atoms with Gasteiger partial charge in [-0.05, 0) is 49.8 Å². The zero-order valence-corrected chi connectivity index (χ0v) is 19.0. The summed E-state index contributed by atoms with van der Waals surface area (Å²) in [7, 11) is 1.45. The van der Waals surface area contributed by atoms with E-state index in [1.54, 1.807) is 28.8 Å². The van der Waals surface area contributed by atoms with Crippen LogP contribution in [-0.2, 0) is 0 Å². The van der Waals surface area contributed by atoms with Gasteiger partial charge in [0, 0.05) is 30.5 Å². The van der Waals surface area contributed by atoms with E-state index in [2.05, 4.69) is 35.9 Å². The summed E-state index contributed by atoms with van der Waals surface area (Å²) in [4.78, 5) is 20.4. The van der Waals surface area contributed by atoms with Crippen molar-refractivity contribution in [2.75, 3.05) is 25.1 Å². The van der Waals surface area contributed by atoms with Crippen LogP contribution in [0.4, 0.5) is 5.69 Å².